The van der Waals surface area contributed by atoms with Gasteiger partial charge in [-0.2, -0.15) is 13.2 Å². The first-order valence-corrected chi connectivity index (χ1v) is 10.6. The Morgan fingerprint density at radius 3 is 2.53 bits per heavy atom. The number of thiocarbonyl (C=S) groups is 1. The number of anilines is 1. The maximum Gasteiger partial charge on any atom is 0.471 e. The molecule has 0 fully saturated rings. The molecule has 2 unspecified atom stereocenters. The third kappa shape index (κ3) is 6.98. The number of rotatable bonds is 6. The molecule has 32 heavy (non-hydrogen) atoms. The fraction of sp³-hybridized carbons (Fsp3) is 0.571. The van der Waals surface area contributed by atoms with E-state index in [1.54, 1.807) is 52.8 Å². The Hall–Kier alpha value is -2.56. The van der Waals surface area contributed by atoms with Gasteiger partial charge in [0.25, 0.3) is 0 Å². The Morgan fingerprint density at radius 2 is 1.97 bits per heavy atom. The highest BCUT2D eigenvalue weighted by Gasteiger charge is 2.41. The number of hydrogen-bond acceptors (Lipinski definition) is 5. The van der Waals surface area contributed by atoms with Crippen LogP contribution in [0.1, 0.15) is 53.0 Å². The molecule has 0 radical (unpaired) electrons. The zero-order chi connectivity index (χ0) is 24.3. The summed E-state index contributed by atoms with van der Waals surface area (Å²) in [6.07, 6.45) is -6.91. The molecule has 1 aromatic rings. The van der Waals surface area contributed by atoms with Crippen LogP contribution in [0.25, 0.3) is 0 Å². The molecule has 0 saturated carbocycles. The fourth-order valence-electron chi connectivity index (χ4n) is 2.99. The lowest BCUT2D eigenvalue weighted by Gasteiger charge is -2.34. The van der Waals surface area contributed by atoms with Crippen molar-refractivity contribution in [1.29, 1.82) is 0 Å². The van der Waals surface area contributed by atoms with E-state index in [-0.39, 0.29) is 19.1 Å². The van der Waals surface area contributed by atoms with Gasteiger partial charge in [0.1, 0.15) is 28.6 Å². The maximum atomic E-state index is 12.9. The van der Waals surface area contributed by atoms with Gasteiger partial charge < -0.3 is 20.1 Å². The van der Waals surface area contributed by atoms with Crippen LogP contribution >= 0.6 is 12.2 Å². The Morgan fingerprint density at radius 1 is 1.31 bits per heavy atom. The molecule has 0 aromatic heterocycles. The first-order valence-electron chi connectivity index (χ1n) is 10.2. The Kier molecular flexibility index (Phi) is 7.97. The van der Waals surface area contributed by atoms with Crippen molar-refractivity contribution in [2.75, 3.05) is 5.32 Å². The van der Waals surface area contributed by atoms with Gasteiger partial charge in [-0.15, -0.1) is 0 Å². The van der Waals surface area contributed by atoms with Crippen LogP contribution in [0, 0.1) is 0 Å². The van der Waals surface area contributed by atoms with E-state index in [2.05, 4.69) is 5.32 Å². The minimum atomic E-state index is -5.08. The molecule has 2 rings (SSSR count). The number of ether oxygens (including phenoxy) is 2. The first kappa shape index (κ1) is 25.7. The molecule has 1 aromatic carbocycles. The average molecular weight is 476 g/mol. The van der Waals surface area contributed by atoms with Gasteiger partial charge in [0, 0.05) is 0 Å². The molecule has 1 aliphatic rings. The summed E-state index contributed by atoms with van der Waals surface area (Å²) in [5.74, 6) is -1.56. The number of amides is 2. The molecule has 1 heterocycles. The Labute approximate surface area is 190 Å². The number of hydrogen-bond donors (Lipinski definition) is 2. The fourth-order valence-corrected chi connectivity index (χ4v) is 3.14. The molecule has 2 N–H and O–H groups in total. The average Bonchev–Trinajstić information content (AvgIpc) is 2.64. The van der Waals surface area contributed by atoms with Gasteiger partial charge in [0.05, 0.1) is 12.2 Å². The quantitative estimate of drug-likeness (QED) is 0.457. The number of alkyl halides is 3. The number of halogens is 3. The highest BCUT2D eigenvalue weighted by molar-refractivity contribution is 7.80. The van der Waals surface area contributed by atoms with Gasteiger partial charge in [-0.1, -0.05) is 31.6 Å². The van der Waals surface area contributed by atoms with Crippen molar-refractivity contribution in [2.45, 2.75) is 78.1 Å². The van der Waals surface area contributed by atoms with E-state index in [1.807, 2.05) is 5.32 Å². The summed E-state index contributed by atoms with van der Waals surface area (Å²) in [7, 11) is 0. The summed E-state index contributed by atoms with van der Waals surface area (Å²) in [5.41, 5.74) is 0.291. The number of fused-ring (bicyclic) bond motifs is 1. The standard InChI is InChI=1S/C21H28F3N3O4S/c1-6-7-16(26-18(28)21(22,23)24)27(19(29)31-20(3,4)5)11-13-8-9-15-14(10-13)25-17(32)12(2)30-15/h8-10,12,16H,6-7,11H2,1-5H3,(H,25,32)(H,26,28). The Bertz CT molecular complexity index is 871. The maximum absolute atomic E-state index is 12.9. The predicted octanol–water partition coefficient (Wildman–Crippen LogP) is 4.75. The molecule has 0 bridgehead atoms. The largest absolute Gasteiger partial charge is 0.481 e. The molecule has 2 atom stereocenters. The van der Waals surface area contributed by atoms with Crippen molar-refractivity contribution in [3.8, 4) is 5.75 Å². The van der Waals surface area contributed by atoms with E-state index in [4.69, 9.17) is 21.7 Å². The van der Waals surface area contributed by atoms with Crippen molar-refractivity contribution >= 4 is 34.9 Å². The van der Waals surface area contributed by atoms with E-state index >= 15 is 0 Å². The normalized spacial score (nSPS) is 16.9. The van der Waals surface area contributed by atoms with E-state index in [9.17, 15) is 22.8 Å². The number of benzene rings is 1. The zero-order valence-corrected chi connectivity index (χ0v) is 19.4. The molecule has 7 nitrogen and oxygen atoms in total. The molecule has 11 heteroatoms. The summed E-state index contributed by atoms with van der Waals surface area (Å²) in [5, 5.41) is 4.97. The van der Waals surface area contributed by atoms with Crippen LogP contribution in [0.15, 0.2) is 18.2 Å². The third-order valence-electron chi connectivity index (χ3n) is 4.45. The second-order valence-corrected chi connectivity index (χ2v) is 8.90. The predicted molar refractivity (Wildman–Crippen MR) is 117 cm³/mol. The van der Waals surface area contributed by atoms with E-state index in [1.165, 1.54) is 0 Å². The summed E-state index contributed by atoms with van der Waals surface area (Å²) >= 11 is 5.22. The molecular weight excluding hydrogens is 447 g/mol. The van der Waals surface area contributed by atoms with Gasteiger partial charge in [0.15, 0.2) is 0 Å². The number of nitrogens with one attached hydrogen (secondary N) is 2. The molecule has 0 saturated heterocycles. The van der Waals surface area contributed by atoms with Gasteiger partial charge in [-0.05, 0) is 51.8 Å². The Balaban J connectivity index is 2.35. The molecular formula is C21H28F3N3O4S. The van der Waals surface area contributed by atoms with Gasteiger partial charge in [0.2, 0.25) is 0 Å². The van der Waals surface area contributed by atoms with Crippen LogP contribution in [-0.4, -0.2) is 45.9 Å². The monoisotopic (exact) mass is 475 g/mol. The smallest absolute Gasteiger partial charge is 0.471 e. The van der Waals surface area contributed by atoms with Crippen LogP contribution in [0.2, 0.25) is 0 Å². The van der Waals surface area contributed by atoms with Gasteiger partial charge >= 0.3 is 18.2 Å². The summed E-state index contributed by atoms with van der Waals surface area (Å²) in [6, 6.07) is 5.07. The second-order valence-electron chi connectivity index (χ2n) is 8.46. The number of carbonyl (C=O) groups excluding carboxylic acids is 2. The zero-order valence-electron chi connectivity index (χ0n) is 18.6. The minimum Gasteiger partial charge on any atom is -0.481 e. The van der Waals surface area contributed by atoms with Crippen molar-refractivity contribution in [3.63, 3.8) is 0 Å². The summed E-state index contributed by atoms with van der Waals surface area (Å²) in [6.45, 7) is 8.38. The van der Waals surface area contributed by atoms with Crippen LogP contribution in [0.3, 0.4) is 0 Å². The number of nitrogens with zero attached hydrogens (tertiary/aromatic N) is 1. The SMILES string of the molecule is CCCC(NC(=O)C(F)(F)F)N(Cc1ccc2c(c1)NC(=S)C(C)O2)C(=O)OC(C)(C)C. The molecule has 0 aliphatic carbocycles. The molecule has 178 valence electrons. The van der Waals surface area contributed by atoms with E-state index in [0.29, 0.717) is 28.4 Å². The third-order valence-corrected chi connectivity index (χ3v) is 4.88. The van der Waals surface area contributed by atoms with E-state index < -0.39 is 29.9 Å². The second kappa shape index (κ2) is 9.93. The topological polar surface area (TPSA) is 79.9 Å². The van der Waals surface area contributed by atoms with Crippen LogP contribution in [0.4, 0.5) is 23.7 Å². The lowest BCUT2D eigenvalue weighted by atomic mass is 10.1. The van der Waals surface area contributed by atoms with Gasteiger partial charge in [-0.3, -0.25) is 9.69 Å². The van der Waals surface area contributed by atoms with E-state index in [0.717, 1.165) is 4.90 Å². The molecule has 2 amide bonds. The van der Waals surface area contributed by atoms with Crippen molar-refractivity contribution in [3.05, 3.63) is 23.8 Å². The lowest BCUT2D eigenvalue weighted by Crippen LogP contribution is -2.54. The summed E-state index contributed by atoms with van der Waals surface area (Å²) < 4.78 is 49.8. The van der Waals surface area contributed by atoms with Gasteiger partial charge in [-0.25, -0.2) is 4.79 Å². The van der Waals surface area contributed by atoms with Crippen molar-refractivity contribution < 1.29 is 32.2 Å². The van der Waals surface area contributed by atoms with Crippen LogP contribution in [0.5, 0.6) is 5.75 Å². The lowest BCUT2D eigenvalue weighted by molar-refractivity contribution is -0.175. The van der Waals surface area contributed by atoms with Crippen molar-refractivity contribution in [2.24, 2.45) is 0 Å². The van der Waals surface area contributed by atoms with Crippen molar-refractivity contribution in [1.82, 2.24) is 10.2 Å². The molecule has 1 aliphatic heterocycles. The van der Waals surface area contributed by atoms with Crippen LogP contribution < -0.4 is 15.4 Å². The first-order chi connectivity index (χ1) is 14.7. The highest BCUT2D eigenvalue weighted by Crippen LogP contribution is 2.31. The molecule has 0 spiro atoms. The summed E-state index contributed by atoms with van der Waals surface area (Å²) in [4.78, 5) is 26.1. The minimum absolute atomic E-state index is 0.102. The number of carbonyl (C=O) groups is 2. The van der Waals surface area contributed by atoms with Crippen LogP contribution in [-0.2, 0) is 16.1 Å². The highest BCUT2D eigenvalue weighted by atomic mass is 32.1.